The van der Waals surface area contributed by atoms with E-state index in [2.05, 4.69) is 241 Å². The zero-order valence-corrected chi connectivity index (χ0v) is 34.7. The minimum atomic E-state index is 1.10. The van der Waals surface area contributed by atoms with Crippen LogP contribution in [-0.4, -0.2) is 0 Å². The Hall–Kier alpha value is -7.78. The third-order valence-electron chi connectivity index (χ3n) is 12.4. The van der Waals surface area contributed by atoms with Gasteiger partial charge in [0.05, 0.1) is 0 Å². The molecule has 0 N–H and O–H groups in total. The van der Waals surface area contributed by atoms with Gasteiger partial charge in [-0.1, -0.05) is 170 Å². The first-order valence-electron chi connectivity index (χ1n) is 21.2. The highest BCUT2D eigenvalue weighted by atomic mass is 32.1. The molecule has 290 valence electrons. The molecule has 0 radical (unpaired) electrons. The van der Waals surface area contributed by atoms with Crippen molar-refractivity contribution < 1.29 is 0 Å². The Morgan fingerprint density at radius 3 is 1.11 bits per heavy atom. The van der Waals surface area contributed by atoms with E-state index >= 15 is 0 Å². The Morgan fingerprint density at radius 2 is 0.565 bits per heavy atom. The number of benzene rings is 11. The Morgan fingerprint density at radius 1 is 0.210 bits per heavy atom. The summed E-state index contributed by atoms with van der Waals surface area (Å²) in [4.78, 5) is 2.39. The predicted octanol–water partition coefficient (Wildman–Crippen LogP) is 17.7. The molecule has 1 aromatic heterocycles. The van der Waals surface area contributed by atoms with Crippen LogP contribution in [0.4, 0.5) is 17.1 Å². The summed E-state index contributed by atoms with van der Waals surface area (Å²) in [5, 5.41) is 10.2. The fraction of sp³-hybridized carbons (Fsp3) is 0. The number of nitrogens with zero attached hydrogens (tertiary/aromatic N) is 1. The Kier molecular flexibility index (Phi) is 8.76. The number of thiophene rings is 1. The molecule has 0 atom stereocenters. The number of fused-ring (bicyclic) bond motifs is 9. The number of hydrogen-bond donors (Lipinski definition) is 0. The molecule has 0 saturated heterocycles. The fourth-order valence-corrected chi connectivity index (χ4v) is 10.4. The van der Waals surface area contributed by atoms with E-state index in [1.807, 2.05) is 11.3 Å². The highest BCUT2D eigenvalue weighted by Gasteiger charge is 2.17. The van der Waals surface area contributed by atoms with Crippen LogP contribution in [0.1, 0.15) is 0 Å². The van der Waals surface area contributed by atoms with E-state index in [1.54, 1.807) is 0 Å². The summed E-state index contributed by atoms with van der Waals surface area (Å²) in [6.07, 6.45) is 0. The molecular formula is C60H39NS. The normalized spacial score (nSPS) is 11.5. The summed E-state index contributed by atoms with van der Waals surface area (Å²) >= 11 is 1.87. The molecule has 0 bridgehead atoms. The second-order valence-corrected chi connectivity index (χ2v) is 17.2. The van der Waals surface area contributed by atoms with E-state index in [9.17, 15) is 0 Å². The number of anilines is 3. The van der Waals surface area contributed by atoms with Gasteiger partial charge in [0, 0.05) is 37.2 Å². The van der Waals surface area contributed by atoms with Crippen LogP contribution in [0.5, 0.6) is 0 Å². The highest BCUT2D eigenvalue weighted by Crippen LogP contribution is 2.43. The van der Waals surface area contributed by atoms with Gasteiger partial charge < -0.3 is 4.90 Å². The summed E-state index contributed by atoms with van der Waals surface area (Å²) in [7, 11) is 0. The van der Waals surface area contributed by atoms with Crippen molar-refractivity contribution in [1.29, 1.82) is 0 Å². The van der Waals surface area contributed by atoms with Crippen LogP contribution in [0.15, 0.2) is 237 Å². The summed E-state index contributed by atoms with van der Waals surface area (Å²) in [6, 6.07) is 86.7. The molecule has 1 nitrogen and oxygen atoms in total. The van der Waals surface area contributed by atoms with Crippen LogP contribution in [0.25, 0.3) is 97.0 Å². The summed E-state index contributed by atoms with van der Waals surface area (Å²) in [6.45, 7) is 0. The molecule has 11 aromatic carbocycles. The molecule has 0 fully saturated rings. The predicted molar refractivity (Wildman–Crippen MR) is 268 cm³/mol. The third-order valence-corrected chi connectivity index (χ3v) is 13.6. The van der Waals surface area contributed by atoms with E-state index in [0.29, 0.717) is 0 Å². The van der Waals surface area contributed by atoms with Gasteiger partial charge in [-0.05, 0) is 144 Å². The van der Waals surface area contributed by atoms with Crippen LogP contribution in [0.2, 0.25) is 0 Å². The molecule has 0 amide bonds. The van der Waals surface area contributed by atoms with Crippen molar-refractivity contribution in [3.8, 4) is 44.5 Å². The van der Waals surface area contributed by atoms with Crippen molar-refractivity contribution in [2.24, 2.45) is 0 Å². The standard InChI is InChI=1S/C60H39NS/c1-3-12-40(13-4-1)42-22-28-48(29-23-42)61(50-32-33-55-53-20-8-7-18-51(53)52-19-9-10-21-54(52)56(55)39-50)49-30-24-43(25-31-49)44-16-11-17-45(36-44)47-27-35-60-58(38-47)57-37-46(26-34-59(57)62-60)41-14-5-2-6-15-41/h1-39H. The van der Waals surface area contributed by atoms with E-state index in [-0.39, 0.29) is 0 Å². The molecule has 0 spiro atoms. The van der Waals surface area contributed by atoms with Gasteiger partial charge in [0.1, 0.15) is 0 Å². The van der Waals surface area contributed by atoms with Crippen molar-refractivity contribution in [2.45, 2.75) is 0 Å². The van der Waals surface area contributed by atoms with Gasteiger partial charge in [0.2, 0.25) is 0 Å². The lowest BCUT2D eigenvalue weighted by molar-refractivity contribution is 1.29. The SMILES string of the molecule is c1ccc(-c2ccc(N(c3ccc(-c4cccc(-c5ccc6sc7ccc(-c8ccccc8)cc7c6c5)c4)cc3)c3ccc4c5ccccc5c5ccccc5c4c3)cc2)cc1. The zero-order chi connectivity index (χ0) is 41.0. The van der Waals surface area contributed by atoms with E-state index < -0.39 is 0 Å². The van der Waals surface area contributed by atoms with Crippen LogP contribution in [-0.2, 0) is 0 Å². The fourth-order valence-electron chi connectivity index (χ4n) is 9.36. The molecule has 62 heavy (non-hydrogen) atoms. The molecule has 2 heteroatoms. The van der Waals surface area contributed by atoms with Crippen molar-refractivity contribution >= 4 is 80.9 Å². The zero-order valence-electron chi connectivity index (χ0n) is 33.9. The molecule has 0 saturated carbocycles. The van der Waals surface area contributed by atoms with Gasteiger partial charge in [-0.3, -0.25) is 0 Å². The summed E-state index contributed by atoms with van der Waals surface area (Å²) in [5.41, 5.74) is 13.0. The Labute approximate surface area is 365 Å². The van der Waals surface area contributed by atoms with Crippen LogP contribution >= 0.6 is 11.3 Å². The molecule has 12 aromatic rings. The second kappa shape index (κ2) is 15.0. The van der Waals surface area contributed by atoms with Crippen molar-refractivity contribution in [3.05, 3.63) is 237 Å². The minimum Gasteiger partial charge on any atom is -0.310 e. The van der Waals surface area contributed by atoms with Gasteiger partial charge in [0.25, 0.3) is 0 Å². The maximum atomic E-state index is 2.39. The lowest BCUT2D eigenvalue weighted by Gasteiger charge is -2.27. The van der Waals surface area contributed by atoms with Crippen molar-refractivity contribution in [2.75, 3.05) is 4.90 Å². The first-order chi connectivity index (χ1) is 30.7. The van der Waals surface area contributed by atoms with E-state index in [4.69, 9.17) is 0 Å². The van der Waals surface area contributed by atoms with Crippen molar-refractivity contribution in [1.82, 2.24) is 0 Å². The van der Waals surface area contributed by atoms with Gasteiger partial charge in [-0.25, -0.2) is 0 Å². The minimum absolute atomic E-state index is 1.10. The van der Waals surface area contributed by atoms with E-state index in [0.717, 1.165) is 17.1 Å². The largest absolute Gasteiger partial charge is 0.310 e. The molecular weight excluding hydrogens is 767 g/mol. The summed E-state index contributed by atoms with van der Waals surface area (Å²) in [5.74, 6) is 0. The Bertz CT molecular complexity index is 3570. The van der Waals surface area contributed by atoms with Gasteiger partial charge in [0.15, 0.2) is 0 Å². The molecule has 0 aliphatic heterocycles. The highest BCUT2D eigenvalue weighted by molar-refractivity contribution is 7.25. The molecule has 0 aliphatic rings. The number of rotatable bonds is 7. The molecule has 1 heterocycles. The maximum absolute atomic E-state index is 2.39. The van der Waals surface area contributed by atoms with Crippen LogP contribution < -0.4 is 4.90 Å². The van der Waals surface area contributed by atoms with Crippen LogP contribution in [0.3, 0.4) is 0 Å². The molecule has 0 aliphatic carbocycles. The topological polar surface area (TPSA) is 3.24 Å². The van der Waals surface area contributed by atoms with E-state index in [1.165, 1.54) is 97.0 Å². The third kappa shape index (κ3) is 6.32. The quantitative estimate of drug-likeness (QED) is 0.145. The van der Waals surface area contributed by atoms with Crippen molar-refractivity contribution in [3.63, 3.8) is 0 Å². The average Bonchev–Trinajstić information content (AvgIpc) is 3.72. The van der Waals surface area contributed by atoms with Gasteiger partial charge >= 0.3 is 0 Å². The smallest absolute Gasteiger partial charge is 0.0468 e. The second-order valence-electron chi connectivity index (χ2n) is 16.1. The van der Waals surface area contributed by atoms with Gasteiger partial charge in [-0.2, -0.15) is 0 Å². The number of hydrogen-bond acceptors (Lipinski definition) is 2. The lowest BCUT2D eigenvalue weighted by Crippen LogP contribution is -2.10. The first kappa shape index (κ1) is 36.1. The van der Waals surface area contributed by atoms with Gasteiger partial charge in [-0.15, -0.1) is 11.3 Å². The monoisotopic (exact) mass is 805 g/mol. The van der Waals surface area contributed by atoms with Crippen LogP contribution in [0, 0.1) is 0 Å². The lowest BCUT2D eigenvalue weighted by atomic mass is 9.94. The molecule has 12 rings (SSSR count). The average molecular weight is 806 g/mol. The Balaban J connectivity index is 0.931. The summed E-state index contributed by atoms with van der Waals surface area (Å²) < 4.78 is 2.63. The first-order valence-corrected chi connectivity index (χ1v) is 22.0. The molecule has 0 unspecified atom stereocenters. The maximum Gasteiger partial charge on any atom is 0.0468 e.